The van der Waals surface area contributed by atoms with Crippen molar-refractivity contribution in [1.82, 2.24) is 18.9 Å². The third-order valence-electron chi connectivity index (χ3n) is 11.9. The average Bonchev–Trinajstić information content (AvgIpc) is 3.65. The lowest BCUT2D eigenvalue weighted by Gasteiger charge is -2.63. The molecule has 5 unspecified atom stereocenters. The molecule has 1 aromatic heterocycles. The number of carbonyl (C=O) groups is 1. The Hall–Kier alpha value is -2.87. The minimum Gasteiger partial charge on any atom is -0.508 e. The van der Waals surface area contributed by atoms with Crippen molar-refractivity contribution in [1.29, 1.82) is 0 Å². The fraction of sp³-hybridized carbons (Fsp3) is 0.656. The molecular formula is C32H42N4O4. The smallest absolute Gasteiger partial charge is 0.330 e. The number of hydrogen-bond donors (Lipinski definition) is 1. The Morgan fingerprint density at radius 3 is 2.62 bits per heavy atom. The van der Waals surface area contributed by atoms with Crippen molar-refractivity contribution in [2.75, 3.05) is 19.6 Å². The molecule has 2 saturated heterocycles. The Morgan fingerprint density at radius 1 is 1.12 bits per heavy atom. The first-order valence-corrected chi connectivity index (χ1v) is 15.3. The van der Waals surface area contributed by atoms with E-state index in [9.17, 15) is 19.5 Å². The maximum Gasteiger partial charge on any atom is 0.330 e. The van der Waals surface area contributed by atoms with Gasteiger partial charge in [0.15, 0.2) is 0 Å². The molecule has 5 aliphatic rings. The predicted octanol–water partition coefficient (Wildman–Crippen LogP) is 3.03. The number of hydrogen-bond acceptors (Lipinski definition) is 5. The molecule has 0 spiro atoms. The molecule has 2 bridgehead atoms. The standard InChI is InChI=1S/C32H42N4O4/c1-5-21-8-9-23(37)14-25(21)32-12-13-35(16-20-6-7-20)19(2)31(32)11-10-26-27(32)22(15-31)17-36(26)29(39)24-18-33(3)30(40)34(4)28(24)38/h8-9,14,18-20,22,26-27,37H,5-7,10-13,15-17H2,1-4H3/t19?,22-,26?,27?,31?,32?/m1/s1. The van der Waals surface area contributed by atoms with Gasteiger partial charge in [0, 0.05) is 50.9 Å². The van der Waals surface area contributed by atoms with Gasteiger partial charge < -0.3 is 14.6 Å². The Bertz CT molecular complexity index is 1510. The molecule has 3 aliphatic carbocycles. The number of phenolic OH excluding ortho intramolecular Hbond substituents is 1. The van der Waals surface area contributed by atoms with E-state index in [1.807, 2.05) is 11.0 Å². The molecule has 7 rings (SSSR count). The summed E-state index contributed by atoms with van der Waals surface area (Å²) in [5, 5.41) is 10.8. The number of carbonyl (C=O) groups excluding carboxylic acids is 1. The molecule has 1 amide bonds. The second-order valence-corrected chi connectivity index (χ2v) is 13.5. The SMILES string of the molecule is CCc1ccc(O)cc1C12CCN(CC3CC3)C(C)C13CCC1C2[C@@H](CN1C(=O)c1cn(C)c(=O)n(C)c1=O)C3. The second-order valence-electron chi connectivity index (χ2n) is 13.5. The summed E-state index contributed by atoms with van der Waals surface area (Å²) in [7, 11) is 3.03. The van der Waals surface area contributed by atoms with Crippen LogP contribution in [-0.4, -0.2) is 61.7 Å². The summed E-state index contributed by atoms with van der Waals surface area (Å²) in [4.78, 5) is 44.2. The van der Waals surface area contributed by atoms with E-state index in [1.54, 1.807) is 7.05 Å². The van der Waals surface area contributed by atoms with Gasteiger partial charge in [-0.05, 0) is 105 Å². The van der Waals surface area contributed by atoms with Crippen LogP contribution in [0.3, 0.4) is 0 Å². The van der Waals surface area contributed by atoms with Gasteiger partial charge in [0.05, 0.1) is 0 Å². The molecule has 8 nitrogen and oxygen atoms in total. The highest BCUT2D eigenvalue weighted by Gasteiger charge is 2.74. The van der Waals surface area contributed by atoms with Crippen LogP contribution in [0.1, 0.15) is 73.9 Å². The predicted molar refractivity (Wildman–Crippen MR) is 153 cm³/mol. The summed E-state index contributed by atoms with van der Waals surface area (Å²) in [5.74, 6) is 1.56. The summed E-state index contributed by atoms with van der Waals surface area (Å²) in [6.45, 7) is 7.56. The minimum atomic E-state index is -0.520. The molecule has 214 valence electrons. The van der Waals surface area contributed by atoms with Gasteiger partial charge in [-0.15, -0.1) is 0 Å². The van der Waals surface area contributed by atoms with E-state index < -0.39 is 11.2 Å². The van der Waals surface area contributed by atoms with Gasteiger partial charge in [0.25, 0.3) is 11.5 Å². The lowest BCUT2D eigenvalue weighted by atomic mass is 9.46. The van der Waals surface area contributed by atoms with Crippen molar-refractivity contribution in [3.63, 3.8) is 0 Å². The van der Waals surface area contributed by atoms with Crippen LogP contribution in [0.4, 0.5) is 0 Å². The van der Waals surface area contributed by atoms with E-state index in [2.05, 4.69) is 30.9 Å². The molecule has 3 saturated carbocycles. The summed E-state index contributed by atoms with van der Waals surface area (Å²) < 4.78 is 2.37. The quantitative estimate of drug-likeness (QED) is 0.623. The van der Waals surface area contributed by atoms with Crippen LogP contribution in [0.2, 0.25) is 0 Å². The van der Waals surface area contributed by atoms with Gasteiger partial charge >= 0.3 is 5.69 Å². The van der Waals surface area contributed by atoms with E-state index in [-0.39, 0.29) is 28.3 Å². The van der Waals surface area contributed by atoms with Crippen LogP contribution in [-0.2, 0) is 25.9 Å². The van der Waals surface area contributed by atoms with Crippen LogP contribution < -0.4 is 11.2 Å². The molecule has 2 aliphatic heterocycles. The number of likely N-dealkylation sites (tertiary alicyclic amines) is 2. The van der Waals surface area contributed by atoms with Gasteiger partial charge in [0.1, 0.15) is 11.3 Å². The number of piperidine rings is 1. The Balaban J connectivity index is 1.35. The number of amides is 1. The van der Waals surface area contributed by atoms with Crippen molar-refractivity contribution >= 4 is 5.91 Å². The van der Waals surface area contributed by atoms with Gasteiger partial charge in [-0.3, -0.25) is 19.1 Å². The minimum absolute atomic E-state index is 0.0457. The number of aromatic nitrogens is 2. The van der Waals surface area contributed by atoms with E-state index in [4.69, 9.17) is 0 Å². The molecule has 1 aromatic carbocycles. The first kappa shape index (κ1) is 26.1. The number of aromatic hydroxyl groups is 1. The number of rotatable bonds is 5. The van der Waals surface area contributed by atoms with Crippen molar-refractivity contribution in [2.24, 2.45) is 37.3 Å². The fourth-order valence-electron chi connectivity index (χ4n) is 10.1. The van der Waals surface area contributed by atoms with Crippen molar-refractivity contribution in [2.45, 2.75) is 76.3 Å². The summed E-state index contributed by atoms with van der Waals surface area (Å²) in [6, 6.07) is 6.47. The maximum atomic E-state index is 14.1. The molecule has 3 heterocycles. The number of phenols is 1. The first-order valence-electron chi connectivity index (χ1n) is 15.3. The van der Waals surface area contributed by atoms with Crippen LogP contribution in [0.15, 0.2) is 34.0 Å². The van der Waals surface area contributed by atoms with Crippen molar-refractivity contribution < 1.29 is 9.90 Å². The van der Waals surface area contributed by atoms with Gasteiger partial charge in [-0.2, -0.15) is 0 Å². The highest BCUT2D eigenvalue weighted by atomic mass is 16.3. The van der Waals surface area contributed by atoms with E-state index in [0.29, 0.717) is 30.2 Å². The molecule has 8 heteroatoms. The molecular weight excluding hydrogens is 504 g/mol. The third kappa shape index (κ3) is 3.31. The zero-order chi connectivity index (χ0) is 28.1. The van der Waals surface area contributed by atoms with Crippen LogP contribution in [0.25, 0.3) is 0 Å². The molecule has 5 fully saturated rings. The van der Waals surface area contributed by atoms with E-state index in [0.717, 1.165) is 49.1 Å². The number of benzene rings is 1. The van der Waals surface area contributed by atoms with Crippen LogP contribution in [0.5, 0.6) is 5.75 Å². The third-order valence-corrected chi connectivity index (χ3v) is 11.9. The normalized spacial score (nSPS) is 34.8. The van der Waals surface area contributed by atoms with Gasteiger partial charge in [-0.1, -0.05) is 13.0 Å². The highest BCUT2D eigenvalue weighted by molar-refractivity contribution is 5.94. The monoisotopic (exact) mass is 546 g/mol. The second kappa shape index (κ2) is 8.81. The Labute approximate surface area is 235 Å². The number of aryl methyl sites for hydroxylation is 2. The lowest BCUT2D eigenvalue weighted by molar-refractivity contribution is -0.0870. The van der Waals surface area contributed by atoms with E-state index in [1.165, 1.54) is 48.3 Å². The van der Waals surface area contributed by atoms with Crippen molar-refractivity contribution in [3.05, 3.63) is 61.9 Å². The topological polar surface area (TPSA) is 87.8 Å². The molecule has 2 aromatic rings. The highest BCUT2D eigenvalue weighted by Crippen LogP contribution is 2.73. The lowest BCUT2D eigenvalue weighted by Crippen LogP contribution is -2.66. The Morgan fingerprint density at radius 2 is 1.90 bits per heavy atom. The van der Waals surface area contributed by atoms with Crippen LogP contribution >= 0.6 is 0 Å². The van der Waals surface area contributed by atoms with Crippen LogP contribution in [0, 0.1) is 23.2 Å². The zero-order valence-corrected chi connectivity index (χ0v) is 24.2. The Kier molecular flexibility index (Phi) is 5.74. The van der Waals surface area contributed by atoms with Gasteiger partial charge in [-0.25, -0.2) is 4.79 Å². The maximum absolute atomic E-state index is 14.1. The zero-order valence-electron chi connectivity index (χ0n) is 24.2. The molecule has 0 radical (unpaired) electrons. The molecule has 1 N–H and O–H groups in total. The van der Waals surface area contributed by atoms with Gasteiger partial charge in [0.2, 0.25) is 0 Å². The average molecular weight is 547 g/mol. The van der Waals surface area contributed by atoms with E-state index >= 15 is 0 Å². The fourth-order valence-corrected chi connectivity index (χ4v) is 10.1. The van der Waals surface area contributed by atoms with Crippen molar-refractivity contribution in [3.8, 4) is 5.75 Å². The summed E-state index contributed by atoms with van der Waals surface area (Å²) >= 11 is 0. The summed E-state index contributed by atoms with van der Waals surface area (Å²) in [5.41, 5.74) is 1.73. The molecule has 40 heavy (non-hydrogen) atoms. The largest absolute Gasteiger partial charge is 0.508 e. The number of nitrogens with zero attached hydrogens (tertiary/aromatic N) is 4. The summed E-state index contributed by atoms with van der Waals surface area (Å²) in [6.07, 6.45) is 9.13. The molecule has 6 atom stereocenters. The first-order chi connectivity index (χ1) is 19.1.